The maximum Gasteiger partial charge on any atom is 0.191 e. The summed E-state index contributed by atoms with van der Waals surface area (Å²) in [5.41, 5.74) is 2.56. The van der Waals surface area contributed by atoms with E-state index in [1.54, 1.807) is 11.3 Å². The molecule has 2 heterocycles. The largest absolute Gasteiger partial charge is 0.372 e. The van der Waals surface area contributed by atoms with Crippen molar-refractivity contribution >= 4 is 23.0 Å². The number of anilines is 1. The van der Waals surface area contributed by atoms with Crippen molar-refractivity contribution in [3.05, 3.63) is 45.9 Å². The zero-order chi connectivity index (χ0) is 19.1. The maximum absolute atomic E-state index is 4.72. The predicted octanol–water partition coefficient (Wildman–Crippen LogP) is 3.94. The predicted molar refractivity (Wildman–Crippen MR) is 116 cm³/mol. The standard InChI is InChI=1S/C21H31N5S/c1-4-22-21(25-15-20-23-13-17(3)27-20)24-14-18-5-7-19(8-6-18)26-11-9-16(2)10-12-26/h5-8,13,16H,4,9-12,14-15H2,1-3H3,(H2,22,24,25). The van der Waals surface area contributed by atoms with Gasteiger partial charge in [-0.15, -0.1) is 11.3 Å². The van der Waals surface area contributed by atoms with Crippen LogP contribution < -0.4 is 15.5 Å². The van der Waals surface area contributed by atoms with Gasteiger partial charge in [-0.25, -0.2) is 9.98 Å². The van der Waals surface area contributed by atoms with E-state index in [0.717, 1.165) is 23.4 Å². The lowest BCUT2D eigenvalue weighted by molar-refractivity contribution is 0.438. The number of aromatic nitrogens is 1. The summed E-state index contributed by atoms with van der Waals surface area (Å²) in [6.07, 6.45) is 4.50. The van der Waals surface area contributed by atoms with E-state index in [0.29, 0.717) is 13.1 Å². The summed E-state index contributed by atoms with van der Waals surface area (Å²) in [5.74, 6) is 1.69. The topological polar surface area (TPSA) is 52.6 Å². The molecule has 1 aliphatic heterocycles. The van der Waals surface area contributed by atoms with Gasteiger partial charge >= 0.3 is 0 Å². The van der Waals surface area contributed by atoms with Crippen LogP contribution in [0.25, 0.3) is 0 Å². The molecule has 0 bridgehead atoms. The first-order chi connectivity index (χ1) is 13.1. The third-order valence-electron chi connectivity index (χ3n) is 4.93. The molecule has 27 heavy (non-hydrogen) atoms. The van der Waals surface area contributed by atoms with Crippen molar-refractivity contribution in [1.29, 1.82) is 0 Å². The molecule has 2 aromatic rings. The summed E-state index contributed by atoms with van der Waals surface area (Å²) in [5, 5.41) is 7.75. The molecule has 1 fully saturated rings. The smallest absolute Gasteiger partial charge is 0.191 e. The zero-order valence-electron chi connectivity index (χ0n) is 16.7. The van der Waals surface area contributed by atoms with Gasteiger partial charge in [-0.05, 0) is 50.3 Å². The van der Waals surface area contributed by atoms with Crippen LogP contribution in [0, 0.1) is 12.8 Å². The Morgan fingerprint density at radius 1 is 1.22 bits per heavy atom. The first kappa shape index (κ1) is 19.7. The third-order valence-corrected chi connectivity index (χ3v) is 5.84. The molecule has 1 aromatic heterocycles. The molecule has 6 heteroatoms. The molecule has 0 amide bonds. The highest BCUT2D eigenvalue weighted by Gasteiger charge is 2.15. The Morgan fingerprint density at radius 2 is 1.96 bits per heavy atom. The highest BCUT2D eigenvalue weighted by Crippen LogP contribution is 2.23. The number of aliphatic imine (C=N–C) groups is 1. The molecule has 0 unspecified atom stereocenters. The van der Waals surface area contributed by atoms with E-state index in [9.17, 15) is 0 Å². The highest BCUT2D eigenvalue weighted by atomic mass is 32.1. The second kappa shape index (κ2) is 9.74. The normalized spacial score (nSPS) is 15.8. The first-order valence-electron chi connectivity index (χ1n) is 9.91. The molecule has 1 aliphatic rings. The summed E-state index contributed by atoms with van der Waals surface area (Å²) in [6, 6.07) is 8.87. The average Bonchev–Trinajstić information content (AvgIpc) is 3.10. The summed E-state index contributed by atoms with van der Waals surface area (Å²) in [7, 11) is 0. The van der Waals surface area contributed by atoms with Gasteiger partial charge in [0.1, 0.15) is 5.01 Å². The van der Waals surface area contributed by atoms with Gasteiger partial charge in [-0.2, -0.15) is 0 Å². The Balaban J connectivity index is 1.55. The number of benzene rings is 1. The van der Waals surface area contributed by atoms with E-state index < -0.39 is 0 Å². The van der Waals surface area contributed by atoms with E-state index in [1.807, 2.05) is 6.20 Å². The summed E-state index contributed by atoms with van der Waals surface area (Å²) >= 11 is 1.72. The number of nitrogens with one attached hydrogen (secondary N) is 2. The minimum absolute atomic E-state index is 0.670. The fraction of sp³-hybridized carbons (Fsp3) is 0.524. The fourth-order valence-corrected chi connectivity index (χ4v) is 3.96. The van der Waals surface area contributed by atoms with E-state index >= 15 is 0 Å². The number of piperidine rings is 1. The van der Waals surface area contributed by atoms with Crippen LogP contribution in [-0.4, -0.2) is 30.6 Å². The van der Waals surface area contributed by atoms with Gasteiger partial charge in [0.05, 0.1) is 13.1 Å². The van der Waals surface area contributed by atoms with E-state index in [1.165, 1.54) is 42.1 Å². The van der Waals surface area contributed by atoms with Gasteiger partial charge in [0.2, 0.25) is 0 Å². The van der Waals surface area contributed by atoms with E-state index in [-0.39, 0.29) is 0 Å². The van der Waals surface area contributed by atoms with Crippen molar-refractivity contribution < 1.29 is 0 Å². The SMILES string of the molecule is CCNC(=NCc1ccc(N2CCC(C)CC2)cc1)NCc1ncc(C)s1. The van der Waals surface area contributed by atoms with Gasteiger partial charge in [0, 0.05) is 36.4 Å². The van der Waals surface area contributed by atoms with Crippen LogP contribution in [0.1, 0.15) is 42.1 Å². The molecule has 3 rings (SSSR count). The van der Waals surface area contributed by atoms with Crippen molar-refractivity contribution in [1.82, 2.24) is 15.6 Å². The van der Waals surface area contributed by atoms with Crippen LogP contribution in [0.5, 0.6) is 0 Å². The number of hydrogen-bond acceptors (Lipinski definition) is 4. The van der Waals surface area contributed by atoms with Gasteiger partial charge < -0.3 is 15.5 Å². The Kier molecular flexibility index (Phi) is 7.10. The third kappa shape index (κ3) is 5.96. The minimum atomic E-state index is 0.670. The second-order valence-electron chi connectivity index (χ2n) is 7.25. The van der Waals surface area contributed by atoms with Crippen molar-refractivity contribution in [2.45, 2.75) is 46.7 Å². The van der Waals surface area contributed by atoms with Crippen LogP contribution >= 0.6 is 11.3 Å². The molecule has 0 aliphatic carbocycles. The summed E-state index contributed by atoms with van der Waals surface area (Å²) in [6.45, 7) is 11.1. The molecule has 1 saturated heterocycles. The number of rotatable bonds is 6. The molecule has 1 aromatic carbocycles. The number of aryl methyl sites for hydroxylation is 1. The van der Waals surface area contributed by atoms with Crippen LogP contribution in [0.2, 0.25) is 0 Å². The molecule has 146 valence electrons. The Bertz CT molecular complexity index is 729. The molecule has 0 spiro atoms. The van der Waals surface area contributed by atoms with Crippen molar-refractivity contribution in [2.75, 3.05) is 24.5 Å². The molecule has 0 saturated carbocycles. The van der Waals surface area contributed by atoms with Gasteiger partial charge in [0.15, 0.2) is 5.96 Å². The zero-order valence-corrected chi connectivity index (χ0v) is 17.5. The molecule has 0 radical (unpaired) electrons. The lowest BCUT2D eigenvalue weighted by Crippen LogP contribution is -2.36. The average molecular weight is 386 g/mol. The Labute approximate surface area is 166 Å². The van der Waals surface area contributed by atoms with Crippen LogP contribution in [0.4, 0.5) is 5.69 Å². The van der Waals surface area contributed by atoms with Crippen LogP contribution in [0.15, 0.2) is 35.5 Å². The number of thiazole rings is 1. The lowest BCUT2D eigenvalue weighted by Gasteiger charge is -2.32. The minimum Gasteiger partial charge on any atom is -0.372 e. The molecule has 0 atom stereocenters. The molecule has 2 N–H and O–H groups in total. The summed E-state index contributed by atoms with van der Waals surface area (Å²) in [4.78, 5) is 12.8. The first-order valence-corrected chi connectivity index (χ1v) is 10.7. The van der Waals surface area contributed by atoms with Crippen molar-refractivity contribution in [2.24, 2.45) is 10.9 Å². The number of hydrogen-bond donors (Lipinski definition) is 2. The number of nitrogens with zero attached hydrogens (tertiary/aromatic N) is 3. The Hall–Kier alpha value is -2.08. The van der Waals surface area contributed by atoms with E-state index in [4.69, 9.17) is 4.99 Å². The van der Waals surface area contributed by atoms with Gasteiger partial charge in [-0.3, -0.25) is 0 Å². The molecular weight excluding hydrogens is 354 g/mol. The fourth-order valence-electron chi connectivity index (χ4n) is 3.23. The van der Waals surface area contributed by atoms with Crippen molar-refractivity contribution in [3.63, 3.8) is 0 Å². The van der Waals surface area contributed by atoms with E-state index in [2.05, 4.69) is 65.6 Å². The molecule has 5 nitrogen and oxygen atoms in total. The van der Waals surface area contributed by atoms with Crippen LogP contribution in [0.3, 0.4) is 0 Å². The van der Waals surface area contributed by atoms with Gasteiger partial charge in [0.25, 0.3) is 0 Å². The monoisotopic (exact) mass is 385 g/mol. The highest BCUT2D eigenvalue weighted by molar-refractivity contribution is 7.11. The molecular formula is C21H31N5S. The van der Waals surface area contributed by atoms with Crippen LogP contribution in [-0.2, 0) is 13.1 Å². The summed E-state index contributed by atoms with van der Waals surface area (Å²) < 4.78 is 0. The quantitative estimate of drug-likeness (QED) is 0.584. The van der Waals surface area contributed by atoms with Gasteiger partial charge in [-0.1, -0.05) is 19.1 Å². The lowest BCUT2D eigenvalue weighted by atomic mass is 9.99. The Morgan fingerprint density at radius 3 is 2.59 bits per heavy atom. The number of guanidine groups is 1. The van der Waals surface area contributed by atoms with Crippen molar-refractivity contribution in [3.8, 4) is 0 Å². The maximum atomic E-state index is 4.72. The second-order valence-corrected chi connectivity index (χ2v) is 8.57.